The lowest BCUT2D eigenvalue weighted by atomic mass is 9.96. The van der Waals surface area contributed by atoms with Crippen molar-refractivity contribution in [3.63, 3.8) is 0 Å². The number of aromatic nitrogens is 3. The summed E-state index contributed by atoms with van der Waals surface area (Å²) in [5.41, 5.74) is -0.126. The van der Waals surface area contributed by atoms with E-state index in [0.29, 0.717) is 0 Å². The summed E-state index contributed by atoms with van der Waals surface area (Å²) in [6, 6.07) is 0.207. The second-order valence-corrected chi connectivity index (χ2v) is 5.71. The normalized spacial score (nSPS) is 19.8. The number of carbonyl (C=O) groups excluding carboxylic acids is 1. The van der Waals surface area contributed by atoms with Gasteiger partial charge in [-0.2, -0.15) is 0 Å². The van der Waals surface area contributed by atoms with Gasteiger partial charge in [-0.1, -0.05) is 32.9 Å². The molecule has 0 fully saturated rings. The zero-order valence-corrected chi connectivity index (χ0v) is 11.2. The third-order valence-electron chi connectivity index (χ3n) is 3.00. The molecule has 1 unspecified atom stereocenters. The van der Waals surface area contributed by atoms with Gasteiger partial charge in [0.05, 0.1) is 0 Å². The Kier molecular flexibility index (Phi) is 3.50. The highest BCUT2D eigenvalue weighted by Crippen LogP contribution is 2.17. The molecule has 1 atom stereocenters. The molecule has 0 saturated carbocycles. The Hall–Kier alpha value is -1.65. The van der Waals surface area contributed by atoms with Crippen LogP contribution >= 0.6 is 0 Å². The first-order valence-electron chi connectivity index (χ1n) is 6.35. The maximum atomic E-state index is 12.0. The molecule has 1 aromatic rings. The molecule has 0 radical (unpaired) electrons. The Morgan fingerprint density at radius 2 is 2.22 bits per heavy atom. The average Bonchev–Trinajstić information content (AvgIpc) is 2.79. The lowest BCUT2D eigenvalue weighted by molar-refractivity contribution is 0.0924. The first kappa shape index (κ1) is 12.8. The molecule has 1 aliphatic rings. The molecular weight excluding hydrogens is 228 g/mol. The molecule has 98 valence electrons. The maximum Gasteiger partial charge on any atom is 0.291 e. The van der Waals surface area contributed by atoms with Crippen LogP contribution in [0.4, 0.5) is 0 Å². The van der Waals surface area contributed by atoms with Crippen molar-refractivity contribution in [2.45, 2.75) is 51.5 Å². The van der Waals surface area contributed by atoms with Crippen LogP contribution in [0.5, 0.6) is 0 Å². The van der Waals surface area contributed by atoms with Crippen LogP contribution in [0.25, 0.3) is 0 Å². The zero-order valence-electron chi connectivity index (χ0n) is 11.2. The van der Waals surface area contributed by atoms with Crippen LogP contribution in [0.1, 0.15) is 56.5 Å². The number of hydrogen-bond donors (Lipinski definition) is 2. The molecular formula is C13H20N4O. The summed E-state index contributed by atoms with van der Waals surface area (Å²) in [6.45, 7) is 6.09. The van der Waals surface area contributed by atoms with E-state index < -0.39 is 0 Å². The van der Waals surface area contributed by atoms with Crippen molar-refractivity contribution < 1.29 is 4.79 Å². The Morgan fingerprint density at radius 1 is 1.44 bits per heavy atom. The molecule has 0 aliphatic heterocycles. The van der Waals surface area contributed by atoms with E-state index in [4.69, 9.17) is 0 Å². The van der Waals surface area contributed by atoms with Gasteiger partial charge in [-0.05, 0) is 19.3 Å². The van der Waals surface area contributed by atoms with E-state index >= 15 is 0 Å². The minimum atomic E-state index is -0.193. The zero-order chi connectivity index (χ0) is 13.2. The van der Waals surface area contributed by atoms with E-state index in [1.165, 1.54) is 0 Å². The SMILES string of the molecule is CC(C)(C)c1nc(C(=O)NC2CC=CCC2)n[nH]1. The van der Waals surface area contributed by atoms with Gasteiger partial charge in [-0.3, -0.25) is 9.89 Å². The standard InChI is InChI=1S/C13H20N4O/c1-13(2,3)12-15-10(16-17-12)11(18)14-9-7-5-4-6-8-9/h4-5,9H,6-8H2,1-3H3,(H,14,18)(H,15,16,17). The number of carbonyl (C=O) groups is 1. The molecule has 1 heterocycles. The summed E-state index contributed by atoms with van der Waals surface area (Å²) in [7, 11) is 0. The molecule has 5 nitrogen and oxygen atoms in total. The van der Waals surface area contributed by atoms with E-state index in [2.05, 4.69) is 32.7 Å². The number of allylic oxidation sites excluding steroid dienone is 1. The number of amides is 1. The Labute approximate surface area is 107 Å². The van der Waals surface area contributed by atoms with Gasteiger partial charge in [0.25, 0.3) is 5.91 Å². The number of aromatic amines is 1. The molecule has 0 bridgehead atoms. The van der Waals surface area contributed by atoms with Crippen LogP contribution in [0, 0.1) is 0 Å². The largest absolute Gasteiger partial charge is 0.346 e. The number of nitrogens with one attached hydrogen (secondary N) is 2. The number of nitrogens with zero attached hydrogens (tertiary/aromatic N) is 2. The fourth-order valence-corrected chi connectivity index (χ4v) is 1.87. The van der Waals surface area contributed by atoms with Gasteiger partial charge < -0.3 is 5.32 Å². The highest BCUT2D eigenvalue weighted by atomic mass is 16.2. The van der Waals surface area contributed by atoms with Crippen LogP contribution in [0.3, 0.4) is 0 Å². The molecule has 18 heavy (non-hydrogen) atoms. The minimum Gasteiger partial charge on any atom is -0.346 e. The molecule has 2 rings (SSSR count). The van der Waals surface area contributed by atoms with E-state index in [9.17, 15) is 4.79 Å². The first-order valence-corrected chi connectivity index (χ1v) is 6.35. The third-order valence-corrected chi connectivity index (χ3v) is 3.00. The van der Waals surface area contributed by atoms with Crippen LogP contribution in [0.2, 0.25) is 0 Å². The van der Waals surface area contributed by atoms with Crippen molar-refractivity contribution in [3.05, 3.63) is 23.8 Å². The van der Waals surface area contributed by atoms with Crippen LogP contribution in [-0.2, 0) is 5.41 Å². The van der Waals surface area contributed by atoms with Crippen molar-refractivity contribution in [2.75, 3.05) is 0 Å². The minimum absolute atomic E-state index is 0.126. The highest BCUT2D eigenvalue weighted by molar-refractivity contribution is 5.90. The number of hydrogen-bond acceptors (Lipinski definition) is 3. The van der Waals surface area contributed by atoms with Gasteiger partial charge in [0.1, 0.15) is 5.82 Å². The van der Waals surface area contributed by atoms with Crippen molar-refractivity contribution in [3.8, 4) is 0 Å². The fourth-order valence-electron chi connectivity index (χ4n) is 1.87. The Balaban J connectivity index is 2.01. The van der Waals surface area contributed by atoms with E-state index in [0.717, 1.165) is 25.1 Å². The van der Waals surface area contributed by atoms with Crippen molar-refractivity contribution in [2.24, 2.45) is 0 Å². The molecule has 0 saturated heterocycles. The molecule has 5 heteroatoms. The lowest BCUT2D eigenvalue weighted by Crippen LogP contribution is -2.35. The summed E-state index contributed by atoms with van der Waals surface area (Å²) in [4.78, 5) is 16.2. The summed E-state index contributed by atoms with van der Waals surface area (Å²) >= 11 is 0. The lowest BCUT2D eigenvalue weighted by Gasteiger charge is -2.18. The van der Waals surface area contributed by atoms with Gasteiger partial charge in [0, 0.05) is 11.5 Å². The van der Waals surface area contributed by atoms with Crippen LogP contribution in [0.15, 0.2) is 12.2 Å². The smallest absolute Gasteiger partial charge is 0.291 e. The predicted molar refractivity (Wildman–Crippen MR) is 69.3 cm³/mol. The molecule has 1 aromatic heterocycles. The van der Waals surface area contributed by atoms with Gasteiger partial charge in [-0.15, -0.1) is 5.10 Å². The quantitative estimate of drug-likeness (QED) is 0.786. The Bertz CT molecular complexity index is 456. The topological polar surface area (TPSA) is 70.7 Å². The Morgan fingerprint density at radius 3 is 2.78 bits per heavy atom. The van der Waals surface area contributed by atoms with E-state index in [1.807, 2.05) is 20.8 Å². The van der Waals surface area contributed by atoms with Crippen LogP contribution in [-0.4, -0.2) is 27.1 Å². The predicted octanol–water partition coefficient (Wildman–Crippen LogP) is 1.94. The van der Waals surface area contributed by atoms with Gasteiger partial charge in [0.15, 0.2) is 0 Å². The monoisotopic (exact) mass is 248 g/mol. The second-order valence-electron chi connectivity index (χ2n) is 5.71. The fraction of sp³-hybridized carbons (Fsp3) is 0.615. The summed E-state index contributed by atoms with van der Waals surface area (Å²) < 4.78 is 0. The first-order chi connectivity index (χ1) is 8.47. The van der Waals surface area contributed by atoms with Crippen molar-refractivity contribution in [1.29, 1.82) is 0 Å². The second kappa shape index (κ2) is 4.92. The van der Waals surface area contributed by atoms with Gasteiger partial charge in [0.2, 0.25) is 5.82 Å². The average molecular weight is 248 g/mol. The van der Waals surface area contributed by atoms with E-state index in [-0.39, 0.29) is 23.2 Å². The van der Waals surface area contributed by atoms with E-state index in [1.54, 1.807) is 0 Å². The summed E-state index contributed by atoms with van der Waals surface area (Å²) in [5, 5.41) is 9.77. The maximum absolute atomic E-state index is 12.0. The number of H-pyrrole nitrogens is 1. The molecule has 0 spiro atoms. The molecule has 1 aliphatic carbocycles. The third kappa shape index (κ3) is 2.97. The summed E-state index contributed by atoms with van der Waals surface area (Å²) in [6.07, 6.45) is 7.15. The van der Waals surface area contributed by atoms with Crippen molar-refractivity contribution in [1.82, 2.24) is 20.5 Å². The van der Waals surface area contributed by atoms with Gasteiger partial charge in [-0.25, -0.2) is 4.98 Å². The highest BCUT2D eigenvalue weighted by Gasteiger charge is 2.22. The molecule has 0 aromatic carbocycles. The molecule has 2 N–H and O–H groups in total. The summed E-state index contributed by atoms with van der Waals surface area (Å²) in [5.74, 6) is 0.771. The molecule has 1 amide bonds. The number of rotatable bonds is 2. The van der Waals surface area contributed by atoms with Crippen molar-refractivity contribution >= 4 is 5.91 Å². The van der Waals surface area contributed by atoms with Gasteiger partial charge >= 0.3 is 0 Å². The van der Waals surface area contributed by atoms with Crippen LogP contribution < -0.4 is 5.32 Å².